The van der Waals surface area contributed by atoms with Gasteiger partial charge in [-0.1, -0.05) is 18.2 Å². The average molecular weight is 427 g/mol. The van der Waals surface area contributed by atoms with Crippen molar-refractivity contribution in [3.63, 3.8) is 0 Å². The van der Waals surface area contributed by atoms with E-state index in [1.54, 1.807) is 47.4 Å². The lowest BCUT2D eigenvalue weighted by atomic mass is 10.1. The molecule has 4 rings (SSSR count). The molecule has 0 bridgehead atoms. The maximum atomic E-state index is 13.0. The molecular weight excluding hydrogens is 408 g/mol. The van der Waals surface area contributed by atoms with E-state index in [-0.39, 0.29) is 17.7 Å². The normalized spacial score (nSPS) is 13.2. The van der Waals surface area contributed by atoms with Gasteiger partial charge >= 0.3 is 6.43 Å². The number of hydrogen-bond acceptors (Lipinski definition) is 6. The Labute approximate surface area is 176 Å². The van der Waals surface area contributed by atoms with E-state index in [0.717, 1.165) is 11.1 Å². The molecule has 0 aliphatic carbocycles. The molecule has 160 valence electrons. The molecule has 0 saturated heterocycles. The van der Waals surface area contributed by atoms with Gasteiger partial charge in [0.25, 0.3) is 11.8 Å². The molecule has 1 aliphatic heterocycles. The molecule has 0 atom stereocenters. The molecule has 2 aromatic carbocycles. The lowest BCUT2D eigenvalue weighted by Gasteiger charge is -2.27. The number of fused-ring (bicyclic) bond motifs is 1. The fraction of sp³-hybridized carbons (Fsp3) is 0.238. The summed E-state index contributed by atoms with van der Waals surface area (Å²) in [5, 5.41) is 13.1. The Bertz CT molecular complexity index is 1130. The maximum absolute atomic E-state index is 13.0. The first-order valence-electron chi connectivity index (χ1n) is 9.46. The first-order chi connectivity index (χ1) is 14.8. The summed E-state index contributed by atoms with van der Waals surface area (Å²) in [6.07, 6.45) is -2.85. The molecule has 0 saturated carbocycles. The molecule has 31 heavy (non-hydrogen) atoms. The molecule has 0 fully saturated rings. The molecule has 1 N–H and O–H groups in total. The van der Waals surface area contributed by atoms with Crippen molar-refractivity contribution in [3.8, 4) is 11.5 Å². The minimum atomic E-state index is -2.85. The van der Waals surface area contributed by atoms with Crippen molar-refractivity contribution in [2.75, 3.05) is 12.4 Å². The van der Waals surface area contributed by atoms with Crippen LogP contribution in [0.15, 0.2) is 46.9 Å². The van der Waals surface area contributed by atoms with Crippen molar-refractivity contribution >= 4 is 17.5 Å². The van der Waals surface area contributed by atoms with Gasteiger partial charge in [0.05, 0.1) is 6.54 Å². The van der Waals surface area contributed by atoms with Gasteiger partial charge in [-0.3, -0.25) is 14.6 Å². The monoisotopic (exact) mass is 427 g/mol. The van der Waals surface area contributed by atoms with E-state index < -0.39 is 12.3 Å². The van der Waals surface area contributed by atoms with E-state index in [4.69, 9.17) is 4.42 Å². The van der Waals surface area contributed by atoms with Gasteiger partial charge in [0.2, 0.25) is 11.8 Å². The number of carbonyl (C=O) groups excluding carboxylic acids is 2. The molecule has 0 unspecified atom stereocenters. The number of carbonyl (C=O) groups is 2. The van der Waals surface area contributed by atoms with Crippen molar-refractivity contribution in [1.82, 2.24) is 20.2 Å². The van der Waals surface area contributed by atoms with Crippen LogP contribution in [0, 0.1) is 0 Å². The summed E-state index contributed by atoms with van der Waals surface area (Å²) in [6.45, 7) is 2.31. The van der Waals surface area contributed by atoms with Gasteiger partial charge in [-0.05, 0) is 35.4 Å². The minimum Gasteiger partial charge on any atom is -0.415 e. The number of nitrogens with zero attached hydrogens (tertiary/aromatic N) is 4. The van der Waals surface area contributed by atoms with Crippen LogP contribution in [0.1, 0.15) is 40.7 Å². The Hall–Kier alpha value is -3.66. The fourth-order valence-corrected chi connectivity index (χ4v) is 3.38. The van der Waals surface area contributed by atoms with Crippen molar-refractivity contribution < 1.29 is 22.8 Å². The van der Waals surface area contributed by atoms with E-state index in [1.165, 1.54) is 6.92 Å². The molecule has 2 amide bonds. The van der Waals surface area contributed by atoms with E-state index >= 15 is 0 Å². The number of nitrogens with one attached hydrogen (secondary N) is 1. The van der Waals surface area contributed by atoms with Gasteiger partial charge in [-0.25, -0.2) is 5.01 Å². The highest BCUT2D eigenvalue weighted by molar-refractivity contribution is 5.99. The maximum Gasteiger partial charge on any atom is 0.314 e. The van der Waals surface area contributed by atoms with E-state index in [2.05, 4.69) is 15.5 Å². The van der Waals surface area contributed by atoms with E-state index in [1.807, 2.05) is 12.1 Å². The third-order valence-corrected chi connectivity index (χ3v) is 4.87. The molecule has 0 spiro atoms. The third-order valence-electron chi connectivity index (χ3n) is 4.87. The minimum absolute atomic E-state index is 0.0584. The Morgan fingerprint density at radius 1 is 1.23 bits per heavy atom. The summed E-state index contributed by atoms with van der Waals surface area (Å²) in [4.78, 5) is 24.1. The molecule has 8 nitrogen and oxygen atoms in total. The van der Waals surface area contributed by atoms with Crippen molar-refractivity contribution in [1.29, 1.82) is 0 Å². The summed E-state index contributed by atoms with van der Waals surface area (Å²) in [6, 6.07) is 12.4. The Balaban J connectivity index is 1.47. The van der Waals surface area contributed by atoms with Gasteiger partial charge in [-0.2, -0.15) is 8.78 Å². The van der Waals surface area contributed by atoms with Gasteiger partial charge in [0.1, 0.15) is 0 Å². The van der Waals surface area contributed by atoms with E-state index in [0.29, 0.717) is 29.9 Å². The predicted octanol–water partition coefficient (Wildman–Crippen LogP) is 3.64. The summed E-state index contributed by atoms with van der Waals surface area (Å²) >= 11 is 0. The van der Waals surface area contributed by atoms with Crippen LogP contribution in [-0.4, -0.2) is 39.1 Å². The second-order valence-corrected chi connectivity index (χ2v) is 7.17. The molecular formula is C21H19F2N5O3. The average Bonchev–Trinajstić information content (AvgIpc) is 3.34. The van der Waals surface area contributed by atoms with Crippen LogP contribution in [0.2, 0.25) is 0 Å². The number of rotatable bonds is 6. The molecule has 0 radical (unpaired) electrons. The van der Waals surface area contributed by atoms with Crippen LogP contribution in [0.3, 0.4) is 0 Å². The van der Waals surface area contributed by atoms with Crippen LogP contribution in [0.5, 0.6) is 0 Å². The third kappa shape index (κ3) is 4.29. The summed E-state index contributed by atoms with van der Waals surface area (Å²) in [5.41, 5.74) is 3.35. The lowest BCUT2D eigenvalue weighted by molar-refractivity contribution is -0.114. The second kappa shape index (κ2) is 8.23. The number of halogens is 2. The van der Waals surface area contributed by atoms with E-state index in [9.17, 15) is 18.4 Å². The fourth-order valence-electron chi connectivity index (χ4n) is 3.38. The molecule has 1 aromatic heterocycles. The van der Waals surface area contributed by atoms with Crippen molar-refractivity contribution in [3.05, 3.63) is 65.0 Å². The zero-order valence-corrected chi connectivity index (χ0v) is 16.8. The number of amides is 2. The number of hydrazine groups is 1. The quantitative estimate of drug-likeness (QED) is 0.646. The topological polar surface area (TPSA) is 91.6 Å². The molecule has 2 heterocycles. The lowest BCUT2D eigenvalue weighted by Crippen LogP contribution is -2.39. The zero-order valence-electron chi connectivity index (χ0n) is 16.8. The highest BCUT2D eigenvalue weighted by atomic mass is 19.3. The smallest absolute Gasteiger partial charge is 0.314 e. The number of aromatic nitrogens is 2. The predicted molar refractivity (Wildman–Crippen MR) is 107 cm³/mol. The number of hydrogen-bond donors (Lipinski definition) is 1. The summed E-state index contributed by atoms with van der Waals surface area (Å²) in [7, 11) is 1.80. The molecule has 3 aromatic rings. The SMILES string of the molecule is CC(=O)Nc1ccc(CN(C)N2Cc3ccc(-c4nnc(C(F)F)o4)cc3C2=O)cc1. The van der Waals surface area contributed by atoms with Crippen LogP contribution in [0.4, 0.5) is 14.5 Å². The number of anilines is 1. The van der Waals surface area contributed by atoms with Gasteiger partial charge in [-0.15, -0.1) is 10.2 Å². The summed E-state index contributed by atoms with van der Waals surface area (Å²) < 4.78 is 30.4. The van der Waals surface area contributed by atoms with Gasteiger partial charge in [0, 0.05) is 37.3 Å². The first-order valence-corrected chi connectivity index (χ1v) is 9.46. The van der Waals surface area contributed by atoms with Crippen LogP contribution in [0.25, 0.3) is 11.5 Å². The van der Waals surface area contributed by atoms with Crippen LogP contribution >= 0.6 is 0 Å². The number of alkyl halides is 2. The highest BCUT2D eigenvalue weighted by Crippen LogP contribution is 2.30. The van der Waals surface area contributed by atoms with Gasteiger partial charge in [0.15, 0.2) is 0 Å². The Kier molecular flexibility index (Phi) is 5.47. The Morgan fingerprint density at radius 3 is 2.61 bits per heavy atom. The second-order valence-electron chi connectivity index (χ2n) is 7.17. The van der Waals surface area contributed by atoms with Crippen LogP contribution in [-0.2, 0) is 17.9 Å². The van der Waals surface area contributed by atoms with Crippen LogP contribution < -0.4 is 5.32 Å². The Morgan fingerprint density at radius 2 is 1.97 bits per heavy atom. The zero-order chi connectivity index (χ0) is 22.1. The van der Waals surface area contributed by atoms with Crippen molar-refractivity contribution in [2.45, 2.75) is 26.4 Å². The van der Waals surface area contributed by atoms with Gasteiger partial charge < -0.3 is 9.73 Å². The largest absolute Gasteiger partial charge is 0.415 e. The molecule has 1 aliphatic rings. The number of benzene rings is 2. The highest BCUT2D eigenvalue weighted by Gasteiger charge is 2.31. The summed E-state index contributed by atoms with van der Waals surface area (Å²) in [5.74, 6) is -1.16. The standard InChI is InChI=1S/C21H19F2N5O3/c1-12(29)24-16-7-3-13(4-8-16)10-27(2)28-11-15-6-5-14(9-17(15)21(28)30)19-25-26-20(31-19)18(22)23/h3-9,18H,10-11H2,1-2H3,(H,24,29). The van der Waals surface area contributed by atoms with Crippen molar-refractivity contribution in [2.24, 2.45) is 0 Å². The molecule has 10 heteroatoms. The first kappa shape index (κ1) is 20.6.